The molecule has 0 spiro atoms. The molecule has 0 radical (unpaired) electrons. The van der Waals surface area contributed by atoms with E-state index in [4.69, 9.17) is 4.98 Å². The van der Waals surface area contributed by atoms with Crippen molar-refractivity contribution in [2.24, 2.45) is 0 Å². The number of nitro groups is 1. The molecular weight excluding hydrogens is 388 g/mol. The molecule has 2 heterocycles. The highest BCUT2D eigenvalue weighted by Crippen LogP contribution is 2.36. The molecule has 3 aromatic rings. The molecule has 29 heavy (non-hydrogen) atoms. The van der Waals surface area contributed by atoms with Crippen molar-refractivity contribution in [3.8, 4) is 0 Å². The molecule has 8 heteroatoms. The summed E-state index contributed by atoms with van der Waals surface area (Å²) in [5.74, 6) is 1.10. The second kappa shape index (κ2) is 9.67. The lowest BCUT2D eigenvalue weighted by molar-refractivity contribution is -0.385. The minimum atomic E-state index is -0.382. The van der Waals surface area contributed by atoms with Crippen molar-refractivity contribution in [3.63, 3.8) is 0 Å². The number of aryl methyl sites for hydroxylation is 1. The standard InChI is InChI=1S/C21H24N4O3S/c1-15(2)20-21(29-18-8-3-7-17(12-18)25(27)28)24(19(23-20)9-5-11-26)14-16-6-4-10-22-13-16/h3-4,6-8,10,12-13,15,26H,5,9,11,14H2,1-2H3. The summed E-state index contributed by atoms with van der Waals surface area (Å²) < 4.78 is 2.14. The van der Waals surface area contributed by atoms with Crippen LogP contribution in [0.15, 0.2) is 58.7 Å². The van der Waals surface area contributed by atoms with Crippen LogP contribution in [0.3, 0.4) is 0 Å². The second-order valence-corrected chi connectivity index (χ2v) is 8.07. The highest BCUT2D eigenvalue weighted by molar-refractivity contribution is 7.99. The number of aromatic nitrogens is 3. The summed E-state index contributed by atoms with van der Waals surface area (Å²) in [5.41, 5.74) is 2.07. The Morgan fingerprint density at radius 2 is 2.10 bits per heavy atom. The normalized spacial score (nSPS) is 11.2. The van der Waals surface area contributed by atoms with Gasteiger partial charge in [-0.15, -0.1) is 0 Å². The highest BCUT2D eigenvalue weighted by atomic mass is 32.2. The van der Waals surface area contributed by atoms with E-state index in [0.717, 1.165) is 27.0 Å². The summed E-state index contributed by atoms with van der Waals surface area (Å²) in [5, 5.41) is 21.4. The lowest BCUT2D eigenvalue weighted by atomic mass is 10.1. The van der Waals surface area contributed by atoms with Gasteiger partial charge in [0.15, 0.2) is 0 Å². The lowest BCUT2D eigenvalue weighted by Crippen LogP contribution is -2.08. The van der Waals surface area contributed by atoms with E-state index in [1.807, 2.05) is 24.4 Å². The number of nitrogens with zero attached hydrogens (tertiary/aromatic N) is 4. The van der Waals surface area contributed by atoms with Gasteiger partial charge >= 0.3 is 0 Å². The Balaban J connectivity index is 2.05. The van der Waals surface area contributed by atoms with Crippen LogP contribution in [0.2, 0.25) is 0 Å². The molecular formula is C21H24N4O3S. The number of nitro benzene ring substituents is 1. The van der Waals surface area contributed by atoms with Gasteiger partial charge in [0, 0.05) is 42.4 Å². The van der Waals surface area contributed by atoms with Gasteiger partial charge in [-0.25, -0.2) is 4.98 Å². The van der Waals surface area contributed by atoms with Crippen molar-refractivity contribution in [3.05, 3.63) is 76.0 Å². The minimum Gasteiger partial charge on any atom is -0.396 e. The second-order valence-electron chi connectivity index (χ2n) is 7.00. The largest absolute Gasteiger partial charge is 0.396 e. The molecule has 2 aromatic heterocycles. The molecule has 0 saturated carbocycles. The summed E-state index contributed by atoms with van der Waals surface area (Å²) in [6.45, 7) is 4.88. The van der Waals surface area contributed by atoms with Crippen molar-refractivity contribution < 1.29 is 10.0 Å². The Hall–Kier alpha value is -2.71. The predicted molar refractivity (Wildman–Crippen MR) is 112 cm³/mol. The number of rotatable bonds is 9. The van der Waals surface area contributed by atoms with Crippen molar-refractivity contribution in [1.29, 1.82) is 0 Å². The quantitative estimate of drug-likeness (QED) is 0.413. The van der Waals surface area contributed by atoms with E-state index in [9.17, 15) is 15.2 Å². The van der Waals surface area contributed by atoms with Gasteiger partial charge < -0.3 is 9.67 Å². The first-order valence-corrected chi connectivity index (χ1v) is 10.3. The van der Waals surface area contributed by atoms with E-state index < -0.39 is 0 Å². The molecule has 152 valence electrons. The third kappa shape index (κ3) is 5.21. The summed E-state index contributed by atoms with van der Waals surface area (Å²) >= 11 is 1.49. The summed E-state index contributed by atoms with van der Waals surface area (Å²) in [6, 6.07) is 10.6. The van der Waals surface area contributed by atoms with E-state index >= 15 is 0 Å². The molecule has 0 unspecified atom stereocenters. The molecule has 7 nitrogen and oxygen atoms in total. The number of aliphatic hydroxyl groups is 1. The van der Waals surface area contributed by atoms with Crippen LogP contribution in [-0.2, 0) is 13.0 Å². The molecule has 0 amide bonds. The van der Waals surface area contributed by atoms with Crippen LogP contribution in [0, 0.1) is 10.1 Å². The monoisotopic (exact) mass is 412 g/mol. The number of non-ortho nitro benzene ring substituents is 1. The summed E-state index contributed by atoms with van der Waals surface area (Å²) in [6.07, 6.45) is 4.85. The SMILES string of the molecule is CC(C)c1nc(CCCO)n(Cc2cccnc2)c1Sc1cccc([N+](=O)[O-])c1. The maximum atomic E-state index is 11.2. The molecule has 1 aromatic carbocycles. The Bertz CT molecular complexity index is 973. The number of imidazole rings is 1. The maximum Gasteiger partial charge on any atom is 0.270 e. The average molecular weight is 413 g/mol. The van der Waals surface area contributed by atoms with Crippen LogP contribution in [0.5, 0.6) is 0 Å². The van der Waals surface area contributed by atoms with E-state index in [0.29, 0.717) is 19.4 Å². The van der Waals surface area contributed by atoms with Crippen LogP contribution in [0.25, 0.3) is 0 Å². The van der Waals surface area contributed by atoms with E-state index in [1.165, 1.54) is 17.8 Å². The molecule has 0 bridgehead atoms. The summed E-state index contributed by atoms with van der Waals surface area (Å²) in [7, 11) is 0. The minimum absolute atomic E-state index is 0.0694. The molecule has 3 rings (SSSR count). The predicted octanol–water partition coefficient (Wildman–Crippen LogP) is 4.43. The summed E-state index contributed by atoms with van der Waals surface area (Å²) in [4.78, 5) is 20.6. The third-order valence-corrected chi connectivity index (χ3v) is 5.55. The first-order valence-electron chi connectivity index (χ1n) is 9.51. The van der Waals surface area contributed by atoms with Crippen LogP contribution in [0.4, 0.5) is 5.69 Å². The van der Waals surface area contributed by atoms with Gasteiger partial charge in [0.2, 0.25) is 0 Å². The van der Waals surface area contributed by atoms with Crippen LogP contribution in [0.1, 0.15) is 43.3 Å². The Labute approximate surface area is 174 Å². The average Bonchev–Trinajstić information content (AvgIpc) is 3.05. The number of hydrogen-bond acceptors (Lipinski definition) is 6. The molecule has 0 aliphatic rings. The number of benzene rings is 1. The third-order valence-electron chi connectivity index (χ3n) is 4.44. The Morgan fingerprint density at radius 3 is 2.76 bits per heavy atom. The Kier molecular flexibility index (Phi) is 7.00. The molecule has 0 aliphatic carbocycles. The fourth-order valence-electron chi connectivity index (χ4n) is 3.02. The maximum absolute atomic E-state index is 11.2. The molecule has 0 atom stereocenters. The lowest BCUT2D eigenvalue weighted by Gasteiger charge is -2.13. The first kappa shape index (κ1) is 21.0. The molecule has 0 aliphatic heterocycles. The van der Waals surface area contributed by atoms with Gasteiger partial charge in [-0.1, -0.05) is 37.7 Å². The zero-order chi connectivity index (χ0) is 20.8. The number of hydrogen-bond donors (Lipinski definition) is 1. The highest BCUT2D eigenvalue weighted by Gasteiger charge is 2.21. The van der Waals surface area contributed by atoms with Gasteiger partial charge in [0.25, 0.3) is 5.69 Å². The first-order chi connectivity index (χ1) is 14.0. The topological polar surface area (TPSA) is 94.1 Å². The fourth-order valence-corrected chi connectivity index (χ4v) is 4.24. The Morgan fingerprint density at radius 1 is 1.28 bits per heavy atom. The van der Waals surface area contributed by atoms with Gasteiger partial charge in [-0.2, -0.15) is 0 Å². The smallest absolute Gasteiger partial charge is 0.270 e. The van der Waals surface area contributed by atoms with Crippen molar-refractivity contribution in [2.75, 3.05) is 6.61 Å². The van der Waals surface area contributed by atoms with Gasteiger partial charge in [-0.05, 0) is 30.0 Å². The molecule has 1 N–H and O–H groups in total. The van der Waals surface area contributed by atoms with Crippen LogP contribution < -0.4 is 0 Å². The molecule has 0 saturated heterocycles. The van der Waals surface area contributed by atoms with Crippen molar-refractivity contribution in [2.45, 2.75) is 49.1 Å². The zero-order valence-corrected chi connectivity index (χ0v) is 17.3. The van der Waals surface area contributed by atoms with E-state index in [2.05, 4.69) is 23.4 Å². The zero-order valence-electron chi connectivity index (χ0n) is 16.5. The van der Waals surface area contributed by atoms with Gasteiger partial charge in [-0.3, -0.25) is 15.1 Å². The number of aliphatic hydroxyl groups excluding tert-OH is 1. The van der Waals surface area contributed by atoms with Crippen LogP contribution >= 0.6 is 11.8 Å². The van der Waals surface area contributed by atoms with Crippen LogP contribution in [-0.4, -0.2) is 31.2 Å². The van der Waals surface area contributed by atoms with E-state index in [-0.39, 0.29) is 23.1 Å². The van der Waals surface area contributed by atoms with E-state index in [1.54, 1.807) is 18.3 Å². The fraction of sp³-hybridized carbons (Fsp3) is 0.333. The van der Waals surface area contributed by atoms with Gasteiger partial charge in [0.05, 0.1) is 17.2 Å². The van der Waals surface area contributed by atoms with Crippen molar-refractivity contribution >= 4 is 17.4 Å². The molecule has 0 fully saturated rings. The van der Waals surface area contributed by atoms with Gasteiger partial charge in [0.1, 0.15) is 10.9 Å². The number of pyridine rings is 1. The van der Waals surface area contributed by atoms with Crippen molar-refractivity contribution in [1.82, 2.24) is 14.5 Å².